The normalized spacial score (nSPS) is 30.3. The molecule has 16 heavy (non-hydrogen) atoms. The van der Waals surface area contributed by atoms with Crippen LogP contribution < -0.4 is 5.32 Å². The predicted molar refractivity (Wildman–Crippen MR) is 68.1 cm³/mol. The molecule has 0 unspecified atom stereocenters. The van der Waals surface area contributed by atoms with Gasteiger partial charge >= 0.3 is 0 Å². The highest BCUT2D eigenvalue weighted by Gasteiger charge is 2.37. The van der Waals surface area contributed by atoms with Gasteiger partial charge in [0.2, 0.25) is 0 Å². The number of nitriles is 1. The van der Waals surface area contributed by atoms with Crippen molar-refractivity contribution in [2.45, 2.75) is 65.3 Å². The van der Waals surface area contributed by atoms with Gasteiger partial charge in [-0.2, -0.15) is 5.26 Å². The SMILES string of the molecule is CCCN[C@H]1CC[C@@](CC#N)(C(C)C)CC1. The van der Waals surface area contributed by atoms with Crippen LogP contribution in [-0.2, 0) is 0 Å². The molecule has 0 spiro atoms. The van der Waals surface area contributed by atoms with Crippen LogP contribution >= 0.6 is 0 Å². The molecule has 0 aromatic heterocycles. The second kappa shape index (κ2) is 6.25. The van der Waals surface area contributed by atoms with Gasteiger partial charge < -0.3 is 5.32 Å². The summed E-state index contributed by atoms with van der Waals surface area (Å²) in [4.78, 5) is 0. The Morgan fingerprint density at radius 1 is 1.38 bits per heavy atom. The summed E-state index contributed by atoms with van der Waals surface area (Å²) in [5.41, 5.74) is 0.305. The zero-order valence-corrected chi connectivity index (χ0v) is 11.1. The molecule has 0 aromatic carbocycles. The van der Waals surface area contributed by atoms with Crippen molar-refractivity contribution in [3.05, 3.63) is 0 Å². The number of nitrogens with zero attached hydrogens (tertiary/aromatic N) is 1. The molecule has 1 rings (SSSR count). The van der Waals surface area contributed by atoms with Gasteiger partial charge in [0.1, 0.15) is 0 Å². The maximum Gasteiger partial charge on any atom is 0.0627 e. The van der Waals surface area contributed by atoms with E-state index < -0.39 is 0 Å². The van der Waals surface area contributed by atoms with E-state index in [1.807, 2.05) is 0 Å². The van der Waals surface area contributed by atoms with Crippen molar-refractivity contribution in [3.63, 3.8) is 0 Å². The Labute approximate surface area is 100 Å². The zero-order chi connectivity index (χ0) is 12.0. The standard InChI is InChI=1S/C14H26N2/c1-4-11-16-13-5-7-14(8-6-13,9-10-15)12(2)3/h12-13,16H,4-9,11H2,1-3H3/t13-,14+. The summed E-state index contributed by atoms with van der Waals surface area (Å²) in [6, 6.07) is 3.10. The quantitative estimate of drug-likeness (QED) is 0.773. The summed E-state index contributed by atoms with van der Waals surface area (Å²) >= 11 is 0. The number of rotatable bonds is 5. The molecule has 0 aromatic rings. The Bertz CT molecular complexity index is 232. The molecule has 2 nitrogen and oxygen atoms in total. The van der Waals surface area contributed by atoms with Crippen molar-refractivity contribution in [2.75, 3.05) is 6.54 Å². The van der Waals surface area contributed by atoms with E-state index in [2.05, 4.69) is 32.2 Å². The molecular weight excluding hydrogens is 196 g/mol. The molecule has 0 saturated heterocycles. The third kappa shape index (κ3) is 3.22. The van der Waals surface area contributed by atoms with Gasteiger partial charge in [0.05, 0.1) is 6.07 Å². The maximum absolute atomic E-state index is 8.97. The van der Waals surface area contributed by atoms with E-state index in [1.54, 1.807) is 0 Å². The van der Waals surface area contributed by atoms with Gasteiger partial charge in [-0.1, -0.05) is 20.8 Å². The summed E-state index contributed by atoms with van der Waals surface area (Å²) < 4.78 is 0. The molecule has 2 heteroatoms. The third-order valence-electron chi connectivity index (χ3n) is 4.32. The molecule has 0 bridgehead atoms. The van der Waals surface area contributed by atoms with Crippen LogP contribution in [0.5, 0.6) is 0 Å². The molecule has 1 aliphatic carbocycles. The Hall–Kier alpha value is -0.550. The van der Waals surface area contributed by atoms with Crippen molar-refractivity contribution < 1.29 is 0 Å². The molecule has 0 radical (unpaired) electrons. The van der Waals surface area contributed by atoms with Crippen molar-refractivity contribution in [1.29, 1.82) is 5.26 Å². The van der Waals surface area contributed by atoms with Gasteiger partial charge in [0.15, 0.2) is 0 Å². The van der Waals surface area contributed by atoms with Crippen molar-refractivity contribution in [1.82, 2.24) is 5.32 Å². The highest BCUT2D eigenvalue weighted by molar-refractivity contribution is 4.95. The fourth-order valence-corrected chi connectivity index (χ4v) is 2.86. The highest BCUT2D eigenvalue weighted by Crippen LogP contribution is 2.44. The second-order valence-corrected chi connectivity index (χ2v) is 5.58. The minimum atomic E-state index is 0.305. The summed E-state index contributed by atoms with van der Waals surface area (Å²) in [6.45, 7) is 7.90. The van der Waals surface area contributed by atoms with Crippen LogP contribution in [0, 0.1) is 22.7 Å². The largest absolute Gasteiger partial charge is 0.314 e. The van der Waals surface area contributed by atoms with E-state index in [9.17, 15) is 0 Å². The highest BCUT2D eigenvalue weighted by atomic mass is 14.9. The van der Waals surface area contributed by atoms with E-state index >= 15 is 0 Å². The molecule has 1 fully saturated rings. The molecule has 0 atom stereocenters. The molecule has 0 amide bonds. The summed E-state index contributed by atoms with van der Waals surface area (Å²) in [5, 5.41) is 12.6. The van der Waals surface area contributed by atoms with Crippen LogP contribution in [0.3, 0.4) is 0 Å². The first-order chi connectivity index (χ1) is 7.64. The van der Waals surface area contributed by atoms with Crippen LogP contribution in [0.1, 0.15) is 59.3 Å². The van der Waals surface area contributed by atoms with Crippen LogP contribution in [0.25, 0.3) is 0 Å². The molecule has 1 aliphatic rings. The lowest BCUT2D eigenvalue weighted by Crippen LogP contribution is -2.40. The topological polar surface area (TPSA) is 35.8 Å². The minimum Gasteiger partial charge on any atom is -0.314 e. The number of nitrogens with one attached hydrogen (secondary N) is 1. The van der Waals surface area contributed by atoms with E-state index in [0.717, 1.165) is 13.0 Å². The first kappa shape index (κ1) is 13.5. The number of hydrogen-bond donors (Lipinski definition) is 1. The first-order valence-electron chi connectivity index (χ1n) is 6.75. The van der Waals surface area contributed by atoms with Crippen molar-refractivity contribution in [2.24, 2.45) is 11.3 Å². The van der Waals surface area contributed by atoms with E-state index in [-0.39, 0.29) is 0 Å². The van der Waals surface area contributed by atoms with E-state index in [0.29, 0.717) is 17.4 Å². The zero-order valence-electron chi connectivity index (χ0n) is 11.1. The maximum atomic E-state index is 8.97. The Balaban J connectivity index is 2.47. The van der Waals surface area contributed by atoms with Gasteiger partial charge in [-0.25, -0.2) is 0 Å². The fourth-order valence-electron chi connectivity index (χ4n) is 2.86. The summed E-state index contributed by atoms with van der Waals surface area (Å²) in [6.07, 6.45) is 6.90. The Morgan fingerprint density at radius 3 is 2.44 bits per heavy atom. The van der Waals surface area contributed by atoms with E-state index in [4.69, 9.17) is 5.26 Å². The van der Waals surface area contributed by atoms with Gasteiger partial charge in [-0.3, -0.25) is 0 Å². The fraction of sp³-hybridized carbons (Fsp3) is 0.929. The van der Waals surface area contributed by atoms with Crippen LogP contribution in [0.2, 0.25) is 0 Å². The molecule has 0 heterocycles. The van der Waals surface area contributed by atoms with E-state index in [1.165, 1.54) is 32.1 Å². The van der Waals surface area contributed by atoms with Gasteiger partial charge in [0, 0.05) is 12.5 Å². The summed E-state index contributed by atoms with van der Waals surface area (Å²) in [7, 11) is 0. The Morgan fingerprint density at radius 2 is 2.00 bits per heavy atom. The Kier molecular flexibility index (Phi) is 5.28. The minimum absolute atomic E-state index is 0.305. The van der Waals surface area contributed by atoms with Crippen molar-refractivity contribution >= 4 is 0 Å². The monoisotopic (exact) mass is 222 g/mol. The lowest BCUT2D eigenvalue weighted by molar-refractivity contribution is 0.106. The first-order valence-corrected chi connectivity index (χ1v) is 6.75. The van der Waals surface area contributed by atoms with Crippen LogP contribution in [0.4, 0.5) is 0 Å². The molecule has 92 valence electrons. The van der Waals surface area contributed by atoms with Crippen LogP contribution in [0.15, 0.2) is 0 Å². The average molecular weight is 222 g/mol. The second-order valence-electron chi connectivity index (χ2n) is 5.58. The van der Waals surface area contributed by atoms with Gasteiger partial charge in [-0.15, -0.1) is 0 Å². The molecule has 1 N–H and O–H groups in total. The average Bonchev–Trinajstić information content (AvgIpc) is 2.28. The third-order valence-corrected chi connectivity index (χ3v) is 4.32. The number of hydrogen-bond acceptors (Lipinski definition) is 2. The lowest BCUT2D eigenvalue weighted by Gasteiger charge is -2.42. The molecule has 1 saturated carbocycles. The van der Waals surface area contributed by atoms with Gasteiger partial charge in [-0.05, 0) is 50.0 Å². The lowest BCUT2D eigenvalue weighted by atomic mass is 9.64. The van der Waals surface area contributed by atoms with Gasteiger partial charge in [0.25, 0.3) is 0 Å². The predicted octanol–water partition coefficient (Wildman–Crippen LogP) is 3.48. The molecular formula is C14H26N2. The smallest absolute Gasteiger partial charge is 0.0627 e. The summed E-state index contributed by atoms with van der Waals surface area (Å²) in [5.74, 6) is 0.638. The molecule has 0 aliphatic heterocycles. The van der Waals surface area contributed by atoms with Crippen LogP contribution in [-0.4, -0.2) is 12.6 Å². The van der Waals surface area contributed by atoms with Crippen molar-refractivity contribution in [3.8, 4) is 6.07 Å².